The molecular weight excluding hydrogens is 455 g/mol. The number of halogens is 2. The quantitative estimate of drug-likeness (QED) is 0.579. The minimum Gasteiger partial charge on any atom is -0.444 e. The number of ether oxygens (including phenoxy) is 1. The second kappa shape index (κ2) is 8.80. The lowest BCUT2D eigenvalue weighted by Gasteiger charge is -2.23. The van der Waals surface area contributed by atoms with Crippen LogP contribution in [0, 0.1) is 0 Å². The molecule has 0 aliphatic carbocycles. The topological polar surface area (TPSA) is 116 Å². The molecule has 0 spiro atoms. The summed E-state index contributed by atoms with van der Waals surface area (Å²) in [6, 6.07) is 8.45. The van der Waals surface area contributed by atoms with E-state index in [2.05, 4.69) is 10.3 Å². The second-order valence-corrected chi connectivity index (χ2v) is 8.96. The predicted octanol–water partition coefficient (Wildman–Crippen LogP) is 4.38. The lowest BCUT2D eigenvalue weighted by atomic mass is 10.1. The second-order valence-electron chi connectivity index (χ2n) is 8.15. The predicted molar refractivity (Wildman–Crippen MR) is 124 cm³/mol. The molecule has 1 aromatic heterocycles. The highest BCUT2D eigenvalue weighted by Gasteiger charge is 2.24. The number of fused-ring (bicyclic) bond motifs is 1. The minimum atomic E-state index is -0.769. The molecule has 8 nitrogen and oxygen atoms in total. The summed E-state index contributed by atoms with van der Waals surface area (Å²) in [6.07, 6.45) is -0.686. The van der Waals surface area contributed by atoms with Crippen molar-refractivity contribution in [3.63, 3.8) is 0 Å². The Morgan fingerprint density at radius 1 is 1.16 bits per heavy atom. The zero-order valence-electron chi connectivity index (χ0n) is 17.9. The summed E-state index contributed by atoms with van der Waals surface area (Å²) in [5.74, 6) is -0.490. The first-order valence-electron chi connectivity index (χ1n) is 9.69. The van der Waals surface area contributed by atoms with Crippen molar-refractivity contribution in [2.24, 2.45) is 5.73 Å². The van der Waals surface area contributed by atoms with Gasteiger partial charge in [0.1, 0.15) is 11.4 Å². The third kappa shape index (κ3) is 4.87. The summed E-state index contributed by atoms with van der Waals surface area (Å²) in [7, 11) is 0. The fraction of sp³-hybridized carbons (Fsp3) is 0.273. The molecule has 168 valence electrons. The number of nitrogens with zero attached hydrogens (tertiary/aromatic N) is 2. The number of alkyl carbamates (subject to hydrolysis) is 1. The fourth-order valence-electron chi connectivity index (χ4n) is 3.12. The molecule has 0 aliphatic heterocycles. The van der Waals surface area contributed by atoms with E-state index in [0.717, 1.165) is 0 Å². The van der Waals surface area contributed by atoms with Crippen molar-refractivity contribution in [2.45, 2.75) is 39.3 Å². The van der Waals surface area contributed by atoms with Crippen LogP contribution in [-0.4, -0.2) is 27.2 Å². The van der Waals surface area contributed by atoms with Crippen LogP contribution in [0.15, 0.2) is 41.2 Å². The van der Waals surface area contributed by atoms with E-state index in [1.807, 2.05) is 0 Å². The van der Waals surface area contributed by atoms with Gasteiger partial charge in [0, 0.05) is 5.56 Å². The van der Waals surface area contributed by atoms with Crippen LogP contribution >= 0.6 is 23.2 Å². The van der Waals surface area contributed by atoms with Gasteiger partial charge in [0.15, 0.2) is 0 Å². The third-order valence-corrected chi connectivity index (χ3v) is 5.08. The van der Waals surface area contributed by atoms with Gasteiger partial charge in [-0.1, -0.05) is 29.3 Å². The smallest absolute Gasteiger partial charge is 0.408 e. The monoisotopic (exact) mass is 476 g/mol. The van der Waals surface area contributed by atoms with Crippen molar-refractivity contribution in [3.05, 3.63) is 68.2 Å². The molecule has 1 heterocycles. The molecule has 1 atom stereocenters. The Bertz CT molecular complexity index is 1280. The Balaban J connectivity index is 2.26. The molecule has 2 amide bonds. The lowest BCUT2D eigenvalue weighted by molar-refractivity contribution is 0.0505. The molecule has 0 saturated carbocycles. The number of carbonyl (C=O) groups is 2. The SMILES string of the molecule is C[C@H](NC(=O)OC(C)(C)C)c1nc2c(Cl)ccc(Cl)c2c(=O)n1-c1cccc(C(N)=O)c1. The minimum absolute atomic E-state index is 0.108. The summed E-state index contributed by atoms with van der Waals surface area (Å²) in [4.78, 5) is 42.1. The molecule has 3 rings (SSSR count). The first kappa shape index (κ1) is 23.6. The lowest BCUT2D eigenvalue weighted by Crippen LogP contribution is -2.37. The maximum Gasteiger partial charge on any atom is 0.408 e. The summed E-state index contributed by atoms with van der Waals surface area (Å²) >= 11 is 12.6. The highest BCUT2D eigenvalue weighted by molar-refractivity contribution is 6.39. The number of aromatic nitrogens is 2. The number of nitrogens with one attached hydrogen (secondary N) is 1. The Labute approximate surface area is 194 Å². The molecule has 10 heteroatoms. The largest absolute Gasteiger partial charge is 0.444 e. The number of hydrogen-bond acceptors (Lipinski definition) is 5. The maximum absolute atomic E-state index is 13.5. The van der Waals surface area contributed by atoms with Crippen LogP contribution in [0.2, 0.25) is 10.0 Å². The molecule has 0 fully saturated rings. The summed E-state index contributed by atoms with van der Waals surface area (Å²) < 4.78 is 6.58. The van der Waals surface area contributed by atoms with Gasteiger partial charge in [-0.05, 0) is 58.0 Å². The number of amides is 2. The number of benzene rings is 2. The van der Waals surface area contributed by atoms with E-state index in [9.17, 15) is 14.4 Å². The van der Waals surface area contributed by atoms with Crippen LogP contribution in [-0.2, 0) is 4.74 Å². The van der Waals surface area contributed by atoms with Gasteiger partial charge in [-0.2, -0.15) is 0 Å². The van der Waals surface area contributed by atoms with Gasteiger partial charge >= 0.3 is 6.09 Å². The zero-order valence-corrected chi connectivity index (χ0v) is 19.4. The highest BCUT2D eigenvalue weighted by atomic mass is 35.5. The molecule has 3 aromatic rings. The number of primary amides is 1. The van der Waals surface area contributed by atoms with E-state index in [1.165, 1.54) is 28.8 Å². The van der Waals surface area contributed by atoms with E-state index in [1.54, 1.807) is 39.8 Å². The Morgan fingerprint density at radius 2 is 1.81 bits per heavy atom. The number of rotatable bonds is 4. The van der Waals surface area contributed by atoms with Gasteiger partial charge in [0.25, 0.3) is 5.56 Å². The maximum atomic E-state index is 13.5. The molecule has 3 N–H and O–H groups in total. The molecule has 0 aliphatic rings. The molecule has 0 unspecified atom stereocenters. The third-order valence-electron chi connectivity index (χ3n) is 4.46. The van der Waals surface area contributed by atoms with Gasteiger partial charge in [0.05, 0.1) is 32.7 Å². The fourth-order valence-corrected chi connectivity index (χ4v) is 3.55. The van der Waals surface area contributed by atoms with Gasteiger partial charge in [0.2, 0.25) is 5.91 Å². The number of carbonyl (C=O) groups excluding carboxylic acids is 2. The normalized spacial score (nSPS) is 12.4. The van der Waals surface area contributed by atoms with Crippen LogP contribution in [0.4, 0.5) is 4.79 Å². The van der Waals surface area contributed by atoms with E-state index in [4.69, 9.17) is 33.7 Å². The average molecular weight is 477 g/mol. The van der Waals surface area contributed by atoms with Crippen molar-refractivity contribution in [1.29, 1.82) is 0 Å². The van der Waals surface area contributed by atoms with Crippen molar-refractivity contribution in [3.8, 4) is 5.69 Å². The highest BCUT2D eigenvalue weighted by Crippen LogP contribution is 2.28. The molecular formula is C22H22Cl2N4O4. The van der Waals surface area contributed by atoms with Gasteiger partial charge in [-0.15, -0.1) is 0 Å². The van der Waals surface area contributed by atoms with E-state index in [0.29, 0.717) is 5.69 Å². The van der Waals surface area contributed by atoms with Crippen LogP contribution < -0.4 is 16.6 Å². The van der Waals surface area contributed by atoms with Crippen molar-refractivity contribution < 1.29 is 14.3 Å². The molecule has 0 radical (unpaired) electrons. The summed E-state index contributed by atoms with van der Waals surface area (Å²) in [6.45, 7) is 6.85. The standard InChI is InChI=1S/C22H22Cl2N4O4/c1-11(26-21(31)32-22(2,3)4)19-27-17-15(24)9-8-14(23)16(17)20(30)28(19)13-7-5-6-12(10-13)18(25)29/h5-11H,1-4H3,(H2,25,29)(H,26,31)/t11-/m0/s1. The van der Waals surface area contributed by atoms with Crippen LogP contribution in [0.25, 0.3) is 16.6 Å². The summed E-state index contributed by atoms with van der Waals surface area (Å²) in [5.41, 5.74) is 4.89. The van der Waals surface area contributed by atoms with E-state index >= 15 is 0 Å². The Morgan fingerprint density at radius 3 is 2.44 bits per heavy atom. The van der Waals surface area contributed by atoms with Gasteiger partial charge in [-0.25, -0.2) is 9.78 Å². The molecule has 32 heavy (non-hydrogen) atoms. The van der Waals surface area contributed by atoms with Crippen molar-refractivity contribution in [2.75, 3.05) is 0 Å². The van der Waals surface area contributed by atoms with E-state index < -0.39 is 29.2 Å². The van der Waals surface area contributed by atoms with Gasteiger partial charge in [-0.3, -0.25) is 14.2 Å². The Hall–Kier alpha value is -3.10. The molecule has 0 bridgehead atoms. The number of nitrogens with two attached hydrogens (primary N) is 1. The number of hydrogen-bond donors (Lipinski definition) is 2. The van der Waals surface area contributed by atoms with Crippen molar-refractivity contribution in [1.82, 2.24) is 14.9 Å². The first-order chi connectivity index (χ1) is 14.9. The average Bonchev–Trinajstić information content (AvgIpc) is 2.68. The molecule has 0 saturated heterocycles. The van der Waals surface area contributed by atoms with Crippen molar-refractivity contribution >= 4 is 46.1 Å². The van der Waals surface area contributed by atoms with Crippen LogP contribution in [0.5, 0.6) is 0 Å². The van der Waals surface area contributed by atoms with E-state index in [-0.39, 0.29) is 32.3 Å². The summed E-state index contributed by atoms with van der Waals surface area (Å²) in [5, 5.41) is 3.18. The first-order valence-corrected chi connectivity index (χ1v) is 10.4. The van der Waals surface area contributed by atoms with Crippen LogP contribution in [0.3, 0.4) is 0 Å². The van der Waals surface area contributed by atoms with Crippen LogP contribution in [0.1, 0.15) is 49.9 Å². The zero-order chi connectivity index (χ0) is 23.8. The molecule has 2 aromatic carbocycles. The Kier molecular flexibility index (Phi) is 6.48. The van der Waals surface area contributed by atoms with Gasteiger partial charge < -0.3 is 15.8 Å².